The lowest BCUT2D eigenvalue weighted by Crippen LogP contribution is -2.14. The van der Waals surface area contributed by atoms with E-state index in [1.807, 2.05) is 43.7 Å². The Morgan fingerprint density at radius 2 is 2.20 bits per heavy atom. The topological polar surface area (TPSA) is 52.0 Å². The van der Waals surface area contributed by atoms with Crippen molar-refractivity contribution in [2.24, 2.45) is 0 Å². The number of nitrogens with one attached hydrogen (secondary N) is 1. The van der Waals surface area contributed by atoms with Crippen LogP contribution in [0.1, 0.15) is 32.0 Å². The summed E-state index contributed by atoms with van der Waals surface area (Å²) in [6, 6.07) is 6.12. The predicted octanol–water partition coefficient (Wildman–Crippen LogP) is 2.73. The third-order valence-corrected chi connectivity index (χ3v) is 3.15. The summed E-state index contributed by atoms with van der Waals surface area (Å²) in [5.74, 6) is 0.875. The number of ether oxygens (including phenoxy) is 1. The fraction of sp³-hybridized carbons (Fsp3) is 0.467. The maximum Gasteiger partial charge on any atom is 0.203 e. The second kappa shape index (κ2) is 7.65. The molecule has 2 rings (SSSR count). The van der Waals surface area contributed by atoms with Crippen LogP contribution in [0.3, 0.4) is 0 Å². The van der Waals surface area contributed by atoms with Gasteiger partial charge < -0.3 is 14.6 Å². The fourth-order valence-electron chi connectivity index (χ4n) is 2.05. The Morgan fingerprint density at radius 3 is 2.95 bits per heavy atom. The number of anilines is 1. The van der Waals surface area contributed by atoms with E-state index < -0.39 is 0 Å². The molecule has 108 valence electrons. The van der Waals surface area contributed by atoms with Crippen molar-refractivity contribution in [3.05, 3.63) is 42.5 Å². The number of hydrogen-bond donors (Lipinski definition) is 1. The monoisotopic (exact) mass is 274 g/mol. The summed E-state index contributed by atoms with van der Waals surface area (Å²) in [4.78, 5) is 8.76. The zero-order valence-corrected chi connectivity index (χ0v) is 12.1. The Hall–Kier alpha value is -1.88. The molecule has 0 radical (unpaired) electrons. The summed E-state index contributed by atoms with van der Waals surface area (Å²) in [6.07, 6.45) is 6.57. The van der Waals surface area contributed by atoms with Crippen LogP contribution in [0.5, 0.6) is 0 Å². The van der Waals surface area contributed by atoms with Crippen molar-refractivity contribution in [1.82, 2.24) is 14.5 Å². The molecule has 0 aliphatic rings. The highest BCUT2D eigenvalue weighted by molar-refractivity contribution is 5.28. The molecule has 0 aliphatic heterocycles. The van der Waals surface area contributed by atoms with E-state index in [2.05, 4.69) is 26.8 Å². The van der Waals surface area contributed by atoms with Gasteiger partial charge in [-0.25, -0.2) is 4.98 Å². The molecule has 2 heterocycles. The van der Waals surface area contributed by atoms with Crippen LogP contribution in [-0.2, 0) is 4.74 Å². The molecule has 5 nitrogen and oxygen atoms in total. The molecule has 0 bridgehead atoms. The van der Waals surface area contributed by atoms with E-state index in [9.17, 15) is 0 Å². The van der Waals surface area contributed by atoms with Crippen molar-refractivity contribution >= 4 is 5.95 Å². The van der Waals surface area contributed by atoms with Gasteiger partial charge in [-0.1, -0.05) is 6.07 Å². The third kappa shape index (κ3) is 3.81. The summed E-state index contributed by atoms with van der Waals surface area (Å²) in [7, 11) is 0. The van der Waals surface area contributed by atoms with Gasteiger partial charge in [0.15, 0.2) is 0 Å². The van der Waals surface area contributed by atoms with Crippen molar-refractivity contribution in [3.8, 4) is 0 Å². The number of pyridine rings is 1. The molecular formula is C15H22N4O. The van der Waals surface area contributed by atoms with Gasteiger partial charge in [0.25, 0.3) is 0 Å². The van der Waals surface area contributed by atoms with E-state index >= 15 is 0 Å². The molecular weight excluding hydrogens is 252 g/mol. The van der Waals surface area contributed by atoms with Crippen molar-refractivity contribution in [1.29, 1.82) is 0 Å². The van der Waals surface area contributed by atoms with Gasteiger partial charge >= 0.3 is 0 Å². The first-order valence-corrected chi connectivity index (χ1v) is 7.08. The van der Waals surface area contributed by atoms with Crippen LogP contribution in [0.25, 0.3) is 0 Å². The van der Waals surface area contributed by atoms with Gasteiger partial charge in [0.1, 0.15) is 0 Å². The SMILES string of the molecule is CCOCCCNc1nccn1C(C)c1ccccn1. The first-order chi connectivity index (χ1) is 9.83. The Bertz CT molecular complexity index is 498. The van der Waals surface area contributed by atoms with Crippen LogP contribution in [0.4, 0.5) is 5.95 Å². The van der Waals surface area contributed by atoms with Gasteiger partial charge in [-0.3, -0.25) is 4.98 Å². The molecule has 2 aromatic heterocycles. The molecule has 0 amide bonds. The lowest BCUT2D eigenvalue weighted by molar-refractivity contribution is 0.147. The quantitative estimate of drug-likeness (QED) is 0.752. The number of rotatable bonds is 8. The Kier molecular flexibility index (Phi) is 5.55. The van der Waals surface area contributed by atoms with Gasteiger partial charge in [0.05, 0.1) is 11.7 Å². The third-order valence-electron chi connectivity index (χ3n) is 3.15. The van der Waals surface area contributed by atoms with Crippen molar-refractivity contribution in [3.63, 3.8) is 0 Å². The van der Waals surface area contributed by atoms with Gasteiger partial charge in [-0.15, -0.1) is 0 Å². The highest BCUT2D eigenvalue weighted by Gasteiger charge is 2.12. The van der Waals surface area contributed by atoms with Crippen LogP contribution in [0.2, 0.25) is 0 Å². The minimum Gasteiger partial charge on any atom is -0.382 e. The number of aromatic nitrogens is 3. The number of nitrogens with zero attached hydrogens (tertiary/aromatic N) is 3. The minimum absolute atomic E-state index is 0.160. The molecule has 0 spiro atoms. The van der Waals surface area contributed by atoms with Gasteiger partial charge in [0.2, 0.25) is 5.95 Å². The maximum atomic E-state index is 5.32. The summed E-state index contributed by atoms with van der Waals surface area (Å²) in [5, 5.41) is 3.35. The van der Waals surface area contributed by atoms with Crippen LogP contribution < -0.4 is 5.32 Å². The average Bonchev–Trinajstić information content (AvgIpc) is 2.95. The van der Waals surface area contributed by atoms with Crippen molar-refractivity contribution in [2.45, 2.75) is 26.3 Å². The van der Waals surface area contributed by atoms with Crippen LogP contribution in [0.15, 0.2) is 36.8 Å². The van der Waals surface area contributed by atoms with Crippen molar-refractivity contribution < 1.29 is 4.74 Å². The molecule has 0 aromatic carbocycles. The molecule has 1 atom stereocenters. The van der Waals surface area contributed by atoms with Gasteiger partial charge in [-0.2, -0.15) is 0 Å². The minimum atomic E-state index is 0.160. The standard InChI is InChI=1S/C15H22N4O/c1-3-20-12-6-9-17-15-18-10-11-19(15)13(2)14-7-4-5-8-16-14/h4-5,7-8,10-11,13H,3,6,9,12H2,1-2H3,(H,17,18). The molecule has 1 N–H and O–H groups in total. The molecule has 0 saturated heterocycles. The zero-order valence-electron chi connectivity index (χ0n) is 12.1. The zero-order chi connectivity index (χ0) is 14.2. The van der Waals surface area contributed by atoms with E-state index in [1.54, 1.807) is 0 Å². The highest BCUT2D eigenvalue weighted by atomic mass is 16.5. The first kappa shape index (κ1) is 14.5. The van der Waals surface area contributed by atoms with E-state index in [-0.39, 0.29) is 6.04 Å². The number of imidazole rings is 1. The Labute approximate surface area is 120 Å². The van der Waals surface area contributed by atoms with Crippen LogP contribution in [-0.4, -0.2) is 34.3 Å². The van der Waals surface area contributed by atoms with Gasteiger partial charge in [0, 0.05) is 38.3 Å². The van der Waals surface area contributed by atoms with E-state index in [0.29, 0.717) is 0 Å². The largest absolute Gasteiger partial charge is 0.382 e. The molecule has 1 unspecified atom stereocenters. The first-order valence-electron chi connectivity index (χ1n) is 7.08. The van der Waals surface area contributed by atoms with Crippen molar-refractivity contribution in [2.75, 3.05) is 25.1 Å². The summed E-state index contributed by atoms with van der Waals surface area (Å²) in [5.41, 5.74) is 1.03. The van der Waals surface area contributed by atoms with Crippen LogP contribution in [0, 0.1) is 0 Å². The van der Waals surface area contributed by atoms with Gasteiger partial charge in [-0.05, 0) is 32.4 Å². The normalized spacial score (nSPS) is 12.3. The van der Waals surface area contributed by atoms with Crippen LogP contribution >= 0.6 is 0 Å². The molecule has 0 fully saturated rings. The summed E-state index contributed by atoms with van der Waals surface area (Å²) < 4.78 is 7.42. The molecule has 0 saturated carbocycles. The molecule has 20 heavy (non-hydrogen) atoms. The molecule has 5 heteroatoms. The lowest BCUT2D eigenvalue weighted by atomic mass is 10.2. The highest BCUT2D eigenvalue weighted by Crippen LogP contribution is 2.19. The number of hydrogen-bond acceptors (Lipinski definition) is 4. The summed E-state index contributed by atoms with van der Waals surface area (Å²) >= 11 is 0. The Balaban J connectivity index is 1.94. The maximum absolute atomic E-state index is 5.32. The molecule has 0 aliphatic carbocycles. The lowest BCUT2D eigenvalue weighted by Gasteiger charge is -2.16. The fourth-order valence-corrected chi connectivity index (χ4v) is 2.05. The smallest absolute Gasteiger partial charge is 0.203 e. The molecule has 2 aromatic rings. The summed E-state index contributed by atoms with van der Waals surface area (Å²) in [6.45, 7) is 6.53. The Morgan fingerprint density at radius 1 is 1.30 bits per heavy atom. The van der Waals surface area contributed by atoms with E-state index in [4.69, 9.17) is 4.74 Å². The van der Waals surface area contributed by atoms with E-state index in [0.717, 1.165) is 37.8 Å². The average molecular weight is 274 g/mol. The van der Waals surface area contributed by atoms with E-state index in [1.165, 1.54) is 0 Å². The second-order valence-electron chi connectivity index (χ2n) is 4.57. The predicted molar refractivity (Wildman–Crippen MR) is 79.9 cm³/mol. The second-order valence-corrected chi connectivity index (χ2v) is 4.57.